The lowest BCUT2D eigenvalue weighted by molar-refractivity contribution is -0.124. The van der Waals surface area contributed by atoms with Crippen molar-refractivity contribution in [3.05, 3.63) is 51.2 Å². The first-order chi connectivity index (χ1) is 12.6. The van der Waals surface area contributed by atoms with Gasteiger partial charge in [0.1, 0.15) is 4.88 Å². The average Bonchev–Trinajstić information content (AvgIpc) is 3.00. The van der Waals surface area contributed by atoms with Crippen molar-refractivity contribution in [2.45, 2.75) is 38.1 Å². The number of amides is 1. The molecule has 1 heterocycles. The Hall–Kier alpha value is -2.23. The van der Waals surface area contributed by atoms with Gasteiger partial charge in [0.25, 0.3) is 5.91 Å². The molecule has 2 aromatic rings. The maximum Gasteiger partial charge on any atom is 0.348 e. The van der Waals surface area contributed by atoms with Crippen molar-refractivity contribution in [3.63, 3.8) is 0 Å². The van der Waals surface area contributed by atoms with Crippen LogP contribution in [0.25, 0.3) is 0 Å². The van der Waals surface area contributed by atoms with E-state index in [1.165, 1.54) is 23.5 Å². The van der Waals surface area contributed by atoms with Crippen LogP contribution in [-0.2, 0) is 26.0 Å². The highest BCUT2D eigenvalue weighted by molar-refractivity contribution is 7.89. The first-order valence-electron chi connectivity index (χ1n) is 8.30. The fourth-order valence-electron chi connectivity index (χ4n) is 2.49. The zero-order valence-corrected chi connectivity index (χ0v) is 16.9. The van der Waals surface area contributed by atoms with Crippen LogP contribution in [0.3, 0.4) is 0 Å². The molecule has 1 amide bonds. The first kappa shape index (κ1) is 21.1. The maximum atomic E-state index is 12.1. The summed E-state index contributed by atoms with van der Waals surface area (Å²) in [6.45, 7) is 5.29. The van der Waals surface area contributed by atoms with Gasteiger partial charge in [-0.2, -0.15) is 0 Å². The number of ether oxygens (including phenoxy) is 1. The Labute approximate surface area is 162 Å². The van der Waals surface area contributed by atoms with Crippen molar-refractivity contribution >= 4 is 33.2 Å². The van der Waals surface area contributed by atoms with Crippen LogP contribution in [0, 0.1) is 6.92 Å². The summed E-state index contributed by atoms with van der Waals surface area (Å²) < 4.78 is 27.6. The molecule has 1 aromatic carbocycles. The van der Waals surface area contributed by atoms with Crippen LogP contribution >= 0.6 is 11.3 Å². The van der Waals surface area contributed by atoms with Crippen LogP contribution in [0.2, 0.25) is 0 Å². The third-order valence-electron chi connectivity index (χ3n) is 3.96. The summed E-state index contributed by atoms with van der Waals surface area (Å²) >= 11 is 1.37. The van der Waals surface area contributed by atoms with Gasteiger partial charge in [0.2, 0.25) is 10.0 Å². The molecule has 0 bridgehead atoms. The van der Waals surface area contributed by atoms with Crippen molar-refractivity contribution in [1.82, 2.24) is 5.32 Å². The quantitative estimate of drug-likeness (QED) is 0.680. The molecule has 3 N–H and O–H groups in total. The Morgan fingerprint density at radius 3 is 2.41 bits per heavy atom. The molecule has 7 nitrogen and oxygen atoms in total. The molecule has 2 rings (SSSR count). The van der Waals surface area contributed by atoms with E-state index in [1.807, 2.05) is 13.8 Å². The van der Waals surface area contributed by atoms with Crippen LogP contribution in [0.1, 0.15) is 45.6 Å². The Bertz CT molecular complexity index is 933. The smallest absolute Gasteiger partial charge is 0.348 e. The second-order valence-corrected chi connectivity index (χ2v) is 8.75. The molecule has 0 saturated carbocycles. The number of esters is 1. The van der Waals surface area contributed by atoms with E-state index in [9.17, 15) is 18.0 Å². The van der Waals surface area contributed by atoms with Gasteiger partial charge < -0.3 is 10.1 Å². The summed E-state index contributed by atoms with van der Waals surface area (Å²) in [5, 5.41) is 7.75. The van der Waals surface area contributed by atoms with Crippen molar-refractivity contribution < 1.29 is 22.7 Å². The molecular formula is C18H22N2O5S2. The average molecular weight is 411 g/mol. The lowest BCUT2D eigenvalue weighted by Gasteiger charge is -2.14. The highest BCUT2D eigenvalue weighted by Gasteiger charge is 2.16. The molecule has 0 aliphatic rings. The maximum absolute atomic E-state index is 12.1. The van der Waals surface area contributed by atoms with Gasteiger partial charge in [-0.15, -0.1) is 11.3 Å². The normalized spacial score (nSPS) is 12.4. The Morgan fingerprint density at radius 1 is 1.26 bits per heavy atom. The number of nitrogens with one attached hydrogen (secondary N) is 1. The predicted octanol–water partition coefficient (Wildman–Crippen LogP) is 2.30. The number of carbonyl (C=O) groups is 2. The van der Waals surface area contributed by atoms with Gasteiger partial charge in [-0.25, -0.2) is 18.4 Å². The number of hydrogen-bond acceptors (Lipinski definition) is 6. The van der Waals surface area contributed by atoms with E-state index < -0.39 is 28.5 Å². The minimum absolute atomic E-state index is 0.00334. The lowest BCUT2D eigenvalue weighted by Crippen LogP contribution is -2.31. The van der Waals surface area contributed by atoms with E-state index >= 15 is 0 Å². The number of thiophene rings is 1. The molecule has 9 heteroatoms. The monoisotopic (exact) mass is 410 g/mol. The van der Waals surface area contributed by atoms with Gasteiger partial charge in [-0.1, -0.05) is 19.1 Å². The predicted molar refractivity (Wildman–Crippen MR) is 103 cm³/mol. The van der Waals surface area contributed by atoms with E-state index in [0.29, 0.717) is 10.4 Å². The summed E-state index contributed by atoms with van der Waals surface area (Å²) in [6, 6.07) is 7.26. The topological polar surface area (TPSA) is 116 Å². The van der Waals surface area contributed by atoms with Crippen molar-refractivity contribution in [2.24, 2.45) is 5.14 Å². The zero-order chi connectivity index (χ0) is 20.2. The Balaban J connectivity index is 1.90. The summed E-state index contributed by atoms with van der Waals surface area (Å²) in [4.78, 5) is 25.7. The van der Waals surface area contributed by atoms with Gasteiger partial charge in [-0.3, -0.25) is 4.79 Å². The summed E-state index contributed by atoms with van der Waals surface area (Å²) in [5.74, 6) is -0.974. The SMILES string of the molecule is CCc1sc(C(=O)OCC(=O)NC(C)c2ccc(S(N)(=O)=O)cc2)cc1C. The van der Waals surface area contributed by atoms with Gasteiger partial charge in [0, 0.05) is 4.88 Å². The second-order valence-electron chi connectivity index (χ2n) is 6.05. The number of rotatable bonds is 7. The fraction of sp³-hybridized carbons (Fsp3) is 0.333. The molecule has 0 spiro atoms. The highest BCUT2D eigenvalue weighted by Crippen LogP contribution is 2.23. The van der Waals surface area contributed by atoms with E-state index in [-0.39, 0.29) is 10.9 Å². The number of aryl methyl sites for hydroxylation is 2. The van der Waals surface area contributed by atoms with E-state index in [1.54, 1.807) is 25.1 Å². The van der Waals surface area contributed by atoms with Crippen LogP contribution in [0.4, 0.5) is 0 Å². The van der Waals surface area contributed by atoms with Gasteiger partial charge in [-0.05, 0) is 49.6 Å². The largest absolute Gasteiger partial charge is 0.451 e. The van der Waals surface area contributed by atoms with Gasteiger partial charge in [0.05, 0.1) is 10.9 Å². The Morgan fingerprint density at radius 2 is 1.89 bits per heavy atom. The standard InChI is InChI=1S/C18H22N2O5S2/c1-4-15-11(2)9-16(26-15)18(22)25-10-17(21)20-12(3)13-5-7-14(8-6-13)27(19,23)24/h5-9,12H,4,10H2,1-3H3,(H,20,21)(H2,19,23,24). The van der Waals surface area contributed by atoms with Crippen molar-refractivity contribution in [2.75, 3.05) is 6.61 Å². The summed E-state index contributed by atoms with van der Waals surface area (Å²) in [6.07, 6.45) is 0.839. The van der Waals surface area contributed by atoms with Gasteiger partial charge in [0.15, 0.2) is 6.61 Å². The highest BCUT2D eigenvalue weighted by atomic mass is 32.2. The number of carbonyl (C=O) groups excluding carboxylic acids is 2. The first-order valence-corrected chi connectivity index (χ1v) is 10.7. The molecule has 0 aliphatic heterocycles. The molecular weight excluding hydrogens is 388 g/mol. The molecule has 1 atom stereocenters. The summed E-state index contributed by atoms with van der Waals surface area (Å²) in [5.41, 5.74) is 1.74. The second kappa shape index (κ2) is 8.64. The molecule has 0 radical (unpaired) electrons. The molecule has 1 unspecified atom stereocenters. The molecule has 1 aromatic heterocycles. The van der Waals surface area contributed by atoms with Crippen molar-refractivity contribution in [1.29, 1.82) is 0 Å². The van der Waals surface area contributed by atoms with E-state index in [4.69, 9.17) is 9.88 Å². The van der Waals surface area contributed by atoms with Crippen LogP contribution in [-0.4, -0.2) is 26.9 Å². The molecule has 0 aliphatic carbocycles. The van der Waals surface area contributed by atoms with Gasteiger partial charge >= 0.3 is 5.97 Å². The van der Waals surface area contributed by atoms with Crippen molar-refractivity contribution in [3.8, 4) is 0 Å². The molecule has 27 heavy (non-hydrogen) atoms. The Kier molecular flexibility index (Phi) is 6.74. The molecule has 146 valence electrons. The number of nitrogens with two attached hydrogens (primary N) is 1. The fourth-order valence-corrected chi connectivity index (χ4v) is 4.01. The molecule has 0 fully saturated rings. The number of primary sulfonamides is 1. The number of sulfonamides is 1. The van der Waals surface area contributed by atoms with E-state index in [2.05, 4.69) is 5.32 Å². The van der Waals surface area contributed by atoms with E-state index in [0.717, 1.165) is 16.9 Å². The van der Waals surface area contributed by atoms with Crippen LogP contribution in [0.5, 0.6) is 0 Å². The van der Waals surface area contributed by atoms with Crippen LogP contribution < -0.4 is 10.5 Å². The minimum atomic E-state index is -3.76. The molecule has 0 saturated heterocycles. The minimum Gasteiger partial charge on any atom is -0.451 e. The summed E-state index contributed by atoms with van der Waals surface area (Å²) in [7, 11) is -3.76. The third-order valence-corrected chi connectivity index (χ3v) is 6.25. The van der Waals surface area contributed by atoms with Crippen LogP contribution in [0.15, 0.2) is 35.2 Å². The third kappa shape index (κ3) is 5.62. The number of hydrogen-bond donors (Lipinski definition) is 2. The zero-order valence-electron chi connectivity index (χ0n) is 15.3. The lowest BCUT2D eigenvalue weighted by atomic mass is 10.1. The number of benzene rings is 1.